The lowest BCUT2D eigenvalue weighted by molar-refractivity contribution is -0.384. The normalized spacial score (nSPS) is 12.1. The van der Waals surface area contributed by atoms with Gasteiger partial charge in [-0.1, -0.05) is 24.3 Å². The van der Waals surface area contributed by atoms with E-state index in [2.05, 4.69) is 36.5 Å². The average Bonchev–Trinajstić information content (AvgIpc) is 2.53. The van der Waals surface area contributed by atoms with Gasteiger partial charge < -0.3 is 5.32 Å². The van der Waals surface area contributed by atoms with Gasteiger partial charge in [-0.25, -0.2) is 0 Å². The Kier molecular flexibility index (Phi) is 5.36. The van der Waals surface area contributed by atoms with Crippen molar-refractivity contribution in [3.05, 3.63) is 69.8 Å². The molecule has 0 heterocycles. The fourth-order valence-electron chi connectivity index (χ4n) is 1.90. The van der Waals surface area contributed by atoms with Gasteiger partial charge in [0.05, 0.1) is 4.92 Å². The minimum Gasteiger partial charge on any atom is -0.313 e. The van der Waals surface area contributed by atoms with Gasteiger partial charge in [0.15, 0.2) is 0 Å². The third-order valence-electron chi connectivity index (χ3n) is 3.37. The van der Waals surface area contributed by atoms with Crippen LogP contribution in [0, 0.1) is 10.1 Å². The van der Waals surface area contributed by atoms with Crippen molar-refractivity contribution in [3.63, 3.8) is 0 Å². The second-order valence-corrected chi connectivity index (χ2v) is 5.84. The second kappa shape index (κ2) is 7.24. The summed E-state index contributed by atoms with van der Waals surface area (Å²) in [6.45, 7) is 2.12. The Balaban J connectivity index is 1.95. The molecular formula is C16H18N2O2S. The van der Waals surface area contributed by atoms with Gasteiger partial charge in [0.2, 0.25) is 0 Å². The van der Waals surface area contributed by atoms with Crippen LogP contribution in [0.2, 0.25) is 0 Å². The number of nitro groups is 1. The molecule has 1 N–H and O–H groups in total. The van der Waals surface area contributed by atoms with Gasteiger partial charge in [-0.3, -0.25) is 10.1 Å². The Hall–Kier alpha value is -1.85. The van der Waals surface area contributed by atoms with E-state index in [-0.39, 0.29) is 10.6 Å². The molecule has 21 heavy (non-hydrogen) atoms. The first-order chi connectivity index (χ1) is 10.1. The Bertz CT molecular complexity index is 597. The molecule has 0 amide bonds. The zero-order chi connectivity index (χ0) is 15.2. The summed E-state index contributed by atoms with van der Waals surface area (Å²) in [5.41, 5.74) is 2.48. The molecule has 5 heteroatoms. The van der Waals surface area contributed by atoms with Gasteiger partial charge in [-0.2, -0.15) is 0 Å². The van der Waals surface area contributed by atoms with Crippen LogP contribution < -0.4 is 5.32 Å². The molecule has 0 radical (unpaired) electrons. The summed E-state index contributed by atoms with van der Waals surface area (Å²) in [6.07, 6.45) is 0. The van der Waals surface area contributed by atoms with Gasteiger partial charge in [0, 0.05) is 28.8 Å². The fraction of sp³-hybridized carbons (Fsp3) is 0.250. The summed E-state index contributed by atoms with van der Waals surface area (Å²) < 4.78 is 0. The summed E-state index contributed by atoms with van der Waals surface area (Å²) in [4.78, 5) is 11.4. The Morgan fingerprint density at radius 2 is 1.76 bits per heavy atom. The monoisotopic (exact) mass is 302 g/mol. The first-order valence-corrected chi connectivity index (χ1v) is 7.72. The highest BCUT2D eigenvalue weighted by Gasteiger charge is 2.05. The van der Waals surface area contributed by atoms with Gasteiger partial charge in [0.1, 0.15) is 0 Å². The molecule has 4 nitrogen and oxygen atoms in total. The standard InChI is InChI=1S/C16H18N2O2S/c1-12(17-2)14-5-9-16(10-6-14)21-11-13-3-7-15(8-4-13)18(19)20/h3-10,12,17H,11H2,1-2H3. The molecule has 0 saturated heterocycles. The lowest BCUT2D eigenvalue weighted by Crippen LogP contribution is -2.11. The summed E-state index contributed by atoms with van der Waals surface area (Å²) in [7, 11) is 1.95. The van der Waals surface area contributed by atoms with Crippen molar-refractivity contribution in [2.75, 3.05) is 7.05 Å². The topological polar surface area (TPSA) is 55.2 Å². The molecule has 0 aromatic heterocycles. The van der Waals surface area contributed by atoms with Crippen molar-refractivity contribution in [3.8, 4) is 0 Å². The number of thioether (sulfide) groups is 1. The minimum absolute atomic E-state index is 0.133. The Morgan fingerprint density at radius 3 is 2.29 bits per heavy atom. The molecule has 0 saturated carbocycles. The van der Waals surface area contributed by atoms with Crippen LogP contribution in [0.15, 0.2) is 53.4 Å². The highest BCUT2D eigenvalue weighted by atomic mass is 32.2. The zero-order valence-electron chi connectivity index (χ0n) is 12.1. The van der Waals surface area contributed by atoms with Crippen LogP contribution in [-0.4, -0.2) is 12.0 Å². The van der Waals surface area contributed by atoms with Crippen molar-refractivity contribution in [2.45, 2.75) is 23.6 Å². The fourth-order valence-corrected chi connectivity index (χ4v) is 2.75. The smallest absolute Gasteiger partial charge is 0.269 e. The van der Waals surface area contributed by atoms with Crippen LogP contribution in [0.3, 0.4) is 0 Å². The lowest BCUT2D eigenvalue weighted by Gasteiger charge is -2.11. The van der Waals surface area contributed by atoms with Crippen molar-refractivity contribution < 1.29 is 4.92 Å². The summed E-state index contributed by atoms with van der Waals surface area (Å²) in [5.74, 6) is 0.804. The van der Waals surface area contributed by atoms with Crippen LogP contribution in [0.4, 0.5) is 5.69 Å². The van der Waals surface area contributed by atoms with Crippen molar-refractivity contribution in [1.82, 2.24) is 5.32 Å². The van der Waals surface area contributed by atoms with E-state index < -0.39 is 0 Å². The Labute approximate surface area is 128 Å². The number of hydrogen-bond acceptors (Lipinski definition) is 4. The van der Waals surface area contributed by atoms with E-state index in [1.165, 1.54) is 10.5 Å². The largest absolute Gasteiger partial charge is 0.313 e. The molecule has 110 valence electrons. The SMILES string of the molecule is CNC(C)c1ccc(SCc2ccc([N+](=O)[O-])cc2)cc1. The average molecular weight is 302 g/mol. The minimum atomic E-state index is -0.376. The van der Waals surface area contributed by atoms with Crippen LogP contribution in [0.25, 0.3) is 0 Å². The summed E-state index contributed by atoms with van der Waals surface area (Å²) in [6, 6.07) is 15.5. The predicted octanol–water partition coefficient (Wildman–Crippen LogP) is 4.17. The van der Waals surface area contributed by atoms with E-state index >= 15 is 0 Å². The third-order valence-corrected chi connectivity index (χ3v) is 4.45. The van der Waals surface area contributed by atoms with Gasteiger partial charge in [0.25, 0.3) is 5.69 Å². The molecule has 2 aromatic rings. The van der Waals surface area contributed by atoms with Gasteiger partial charge in [-0.15, -0.1) is 11.8 Å². The van der Waals surface area contributed by atoms with E-state index in [9.17, 15) is 10.1 Å². The van der Waals surface area contributed by atoms with Crippen molar-refractivity contribution in [2.24, 2.45) is 0 Å². The van der Waals surface area contributed by atoms with Crippen LogP contribution in [0.5, 0.6) is 0 Å². The number of benzene rings is 2. The molecule has 0 bridgehead atoms. The maximum Gasteiger partial charge on any atom is 0.269 e. The highest BCUT2D eigenvalue weighted by Crippen LogP contribution is 2.25. The number of non-ortho nitro benzene ring substituents is 1. The van der Waals surface area contributed by atoms with Gasteiger partial charge in [-0.05, 0) is 37.2 Å². The number of rotatable bonds is 6. The van der Waals surface area contributed by atoms with Crippen molar-refractivity contribution >= 4 is 17.4 Å². The molecule has 0 fully saturated rings. The first-order valence-electron chi connectivity index (χ1n) is 6.73. The van der Waals surface area contributed by atoms with Crippen LogP contribution in [0.1, 0.15) is 24.1 Å². The van der Waals surface area contributed by atoms with Crippen molar-refractivity contribution in [1.29, 1.82) is 0 Å². The molecule has 2 rings (SSSR count). The Morgan fingerprint density at radius 1 is 1.14 bits per heavy atom. The third kappa shape index (κ3) is 4.31. The molecular weight excluding hydrogens is 284 g/mol. The number of nitrogens with one attached hydrogen (secondary N) is 1. The molecule has 1 unspecified atom stereocenters. The highest BCUT2D eigenvalue weighted by molar-refractivity contribution is 7.98. The molecule has 0 aliphatic rings. The van der Waals surface area contributed by atoms with E-state index in [0.717, 1.165) is 11.3 Å². The molecule has 0 spiro atoms. The van der Waals surface area contributed by atoms with E-state index in [4.69, 9.17) is 0 Å². The number of hydrogen-bond donors (Lipinski definition) is 1. The van der Waals surface area contributed by atoms with E-state index in [0.29, 0.717) is 6.04 Å². The second-order valence-electron chi connectivity index (χ2n) is 4.79. The van der Waals surface area contributed by atoms with E-state index in [1.54, 1.807) is 23.9 Å². The van der Waals surface area contributed by atoms with Crippen LogP contribution >= 0.6 is 11.8 Å². The summed E-state index contributed by atoms with van der Waals surface area (Å²) in [5, 5.41) is 13.8. The van der Waals surface area contributed by atoms with Gasteiger partial charge >= 0.3 is 0 Å². The quantitative estimate of drug-likeness (QED) is 0.494. The zero-order valence-corrected chi connectivity index (χ0v) is 12.9. The van der Waals surface area contributed by atoms with E-state index in [1.807, 2.05) is 19.2 Å². The van der Waals surface area contributed by atoms with Crippen LogP contribution in [-0.2, 0) is 5.75 Å². The number of nitro benzene ring substituents is 1. The number of nitrogens with zero attached hydrogens (tertiary/aromatic N) is 1. The molecule has 0 aliphatic heterocycles. The lowest BCUT2D eigenvalue weighted by atomic mass is 10.1. The molecule has 1 atom stereocenters. The molecule has 2 aromatic carbocycles. The first kappa shape index (κ1) is 15.5. The maximum absolute atomic E-state index is 10.6. The molecule has 0 aliphatic carbocycles. The summed E-state index contributed by atoms with van der Waals surface area (Å²) >= 11 is 1.73. The predicted molar refractivity (Wildman–Crippen MR) is 86.6 cm³/mol. The maximum atomic E-state index is 10.6.